The number of hydrogen-bond donors (Lipinski definition) is 2. The van der Waals surface area contributed by atoms with Crippen LogP contribution in [0.25, 0.3) is 0 Å². The van der Waals surface area contributed by atoms with Gasteiger partial charge in [0, 0.05) is 6.54 Å². The van der Waals surface area contributed by atoms with Crippen LogP contribution in [0.1, 0.15) is 41.9 Å². The van der Waals surface area contributed by atoms with Gasteiger partial charge >= 0.3 is 0 Å². The summed E-state index contributed by atoms with van der Waals surface area (Å²) in [6.07, 6.45) is 4.82. The van der Waals surface area contributed by atoms with Gasteiger partial charge in [-0.05, 0) is 32.1 Å². The van der Waals surface area contributed by atoms with E-state index in [1.807, 2.05) is 0 Å². The average Bonchev–Trinajstić information content (AvgIpc) is 2.72. The van der Waals surface area contributed by atoms with Crippen LogP contribution in [-0.4, -0.2) is 28.6 Å². The van der Waals surface area contributed by atoms with Gasteiger partial charge in [-0.2, -0.15) is 0 Å². The van der Waals surface area contributed by atoms with Crippen LogP contribution in [0.4, 0.5) is 0 Å². The zero-order valence-electron chi connectivity index (χ0n) is 9.98. The van der Waals surface area contributed by atoms with Crippen LogP contribution in [0, 0.1) is 12.8 Å². The third kappa shape index (κ3) is 3.06. The number of aromatic nitrogens is 1. The van der Waals surface area contributed by atoms with Gasteiger partial charge in [0.05, 0.1) is 6.10 Å². The number of nitrogens with one attached hydrogen (secondary N) is 1. The summed E-state index contributed by atoms with van der Waals surface area (Å²) in [7, 11) is 0. The van der Waals surface area contributed by atoms with Gasteiger partial charge in [-0.3, -0.25) is 4.79 Å². The largest absolute Gasteiger partial charge is 0.448 e. The van der Waals surface area contributed by atoms with Crippen LogP contribution < -0.4 is 5.32 Å². The number of oxazole rings is 1. The fourth-order valence-electron chi connectivity index (χ4n) is 2.29. The molecule has 1 fully saturated rings. The summed E-state index contributed by atoms with van der Waals surface area (Å²) in [5.74, 6) is 0.706. The lowest BCUT2D eigenvalue weighted by Gasteiger charge is -2.25. The molecule has 0 spiro atoms. The number of aryl methyl sites for hydroxylation is 1. The zero-order valence-corrected chi connectivity index (χ0v) is 9.98. The Labute approximate surface area is 100 Å². The second-order valence-electron chi connectivity index (χ2n) is 4.65. The normalized spacial score (nSPS) is 24.6. The van der Waals surface area contributed by atoms with Crippen LogP contribution in [0.15, 0.2) is 10.8 Å². The molecule has 2 atom stereocenters. The number of carbonyl (C=O) groups is 1. The zero-order chi connectivity index (χ0) is 12.3. The molecule has 1 amide bonds. The Morgan fingerprint density at radius 2 is 2.47 bits per heavy atom. The number of hydrogen-bond acceptors (Lipinski definition) is 4. The summed E-state index contributed by atoms with van der Waals surface area (Å²) in [5.41, 5.74) is 0.348. The maximum absolute atomic E-state index is 11.8. The second-order valence-corrected chi connectivity index (χ2v) is 4.65. The molecule has 5 nitrogen and oxygen atoms in total. The van der Waals surface area contributed by atoms with E-state index in [1.54, 1.807) is 6.92 Å². The monoisotopic (exact) mass is 238 g/mol. The lowest BCUT2D eigenvalue weighted by molar-refractivity contribution is 0.0869. The molecule has 2 N–H and O–H groups in total. The van der Waals surface area contributed by atoms with Gasteiger partial charge < -0.3 is 14.8 Å². The van der Waals surface area contributed by atoms with Crippen LogP contribution in [0.5, 0.6) is 0 Å². The minimum absolute atomic E-state index is 0.198. The van der Waals surface area contributed by atoms with Crippen molar-refractivity contribution in [2.75, 3.05) is 6.54 Å². The second kappa shape index (κ2) is 5.31. The molecule has 1 aliphatic carbocycles. The predicted molar refractivity (Wildman–Crippen MR) is 61.5 cm³/mol. The predicted octanol–water partition coefficient (Wildman–Crippen LogP) is 1.26. The summed E-state index contributed by atoms with van der Waals surface area (Å²) in [5, 5.41) is 12.4. The summed E-state index contributed by atoms with van der Waals surface area (Å²) in [4.78, 5) is 15.6. The molecule has 0 saturated heterocycles. The smallest absolute Gasteiger partial charge is 0.273 e. The van der Waals surface area contributed by atoms with Crippen molar-refractivity contribution in [1.82, 2.24) is 10.3 Å². The number of aliphatic hydroxyl groups excluding tert-OH is 1. The fourth-order valence-corrected chi connectivity index (χ4v) is 2.29. The Morgan fingerprint density at radius 1 is 1.65 bits per heavy atom. The topological polar surface area (TPSA) is 75.4 Å². The van der Waals surface area contributed by atoms with E-state index in [-0.39, 0.29) is 12.0 Å². The maximum Gasteiger partial charge on any atom is 0.273 e. The highest BCUT2D eigenvalue weighted by molar-refractivity contribution is 5.92. The van der Waals surface area contributed by atoms with E-state index < -0.39 is 0 Å². The van der Waals surface area contributed by atoms with E-state index in [0.29, 0.717) is 23.9 Å². The van der Waals surface area contributed by atoms with Gasteiger partial charge in [0.25, 0.3) is 5.91 Å². The van der Waals surface area contributed by atoms with Gasteiger partial charge in [-0.15, -0.1) is 0 Å². The Hall–Kier alpha value is -1.36. The number of carbonyl (C=O) groups excluding carboxylic acids is 1. The van der Waals surface area contributed by atoms with Crippen molar-refractivity contribution >= 4 is 5.91 Å². The van der Waals surface area contributed by atoms with E-state index in [0.717, 1.165) is 25.7 Å². The van der Waals surface area contributed by atoms with E-state index in [9.17, 15) is 9.90 Å². The summed E-state index contributed by atoms with van der Waals surface area (Å²) in [6.45, 7) is 2.31. The molecular formula is C12H18N2O3. The van der Waals surface area contributed by atoms with Gasteiger partial charge in [-0.1, -0.05) is 6.42 Å². The van der Waals surface area contributed by atoms with Gasteiger partial charge in [0.1, 0.15) is 5.76 Å². The molecule has 1 heterocycles. The highest BCUT2D eigenvalue weighted by atomic mass is 16.3. The summed E-state index contributed by atoms with van der Waals surface area (Å²) < 4.78 is 4.98. The van der Waals surface area contributed by atoms with Crippen LogP contribution in [-0.2, 0) is 0 Å². The molecule has 0 aromatic carbocycles. The Balaban J connectivity index is 1.82. The number of rotatable bonds is 3. The standard InChI is InChI=1S/C12H18N2O3/c1-8-11(14-7-17-8)12(16)13-6-9-3-2-4-10(15)5-9/h7,9-10,15H,2-6H2,1H3,(H,13,16). The van der Waals surface area contributed by atoms with Crippen LogP contribution in [0.3, 0.4) is 0 Å². The van der Waals surface area contributed by atoms with Crippen molar-refractivity contribution in [3.05, 3.63) is 17.8 Å². The third-order valence-corrected chi connectivity index (χ3v) is 3.27. The Bertz CT molecular complexity index is 389. The summed E-state index contributed by atoms with van der Waals surface area (Å²) in [6, 6.07) is 0. The number of nitrogens with zero attached hydrogens (tertiary/aromatic N) is 1. The molecule has 0 radical (unpaired) electrons. The first-order chi connectivity index (χ1) is 8.16. The van der Waals surface area contributed by atoms with E-state index in [1.165, 1.54) is 6.39 Å². The van der Waals surface area contributed by atoms with Crippen molar-refractivity contribution in [2.24, 2.45) is 5.92 Å². The highest BCUT2D eigenvalue weighted by Gasteiger charge is 2.21. The molecule has 5 heteroatoms. The highest BCUT2D eigenvalue weighted by Crippen LogP contribution is 2.23. The minimum atomic E-state index is -0.209. The van der Waals surface area contributed by atoms with Crippen molar-refractivity contribution in [3.8, 4) is 0 Å². The third-order valence-electron chi connectivity index (χ3n) is 3.27. The SMILES string of the molecule is Cc1ocnc1C(=O)NCC1CCCC(O)C1. The van der Waals surface area contributed by atoms with E-state index in [4.69, 9.17) is 4.42 Å². The number of aliphatic hydroxyl groups is 1. The van der Waals surface area contributed by atoms with Crippen LogP contribution in [0.2, 0.25) is 0 Å². The van der Waals surface area contributed by atoms with Gasteiger partial charge in [-0.25, -0.2) is 4.98 Å². The first-order valence-electron chi connectivity index (χ1n) is 6.03. The Morgan fingerprint density at radius 3 is 3.12 bits per heavy atom. The van der Waals surface area contributed by atoms with Crippen molar-refractivity contribution < 1.29 is 14.3 Å². The molecule has 94 valence electrons. The molecular weight excluding hydrogens is 220 g/mol. The summed E-state index contributed by atoms with van der Waals surface area (Å²) >= 11 is 0. The molecule has 2 unspecified atom stereocenters. The lowest BCUT2D eigenvalue weighted by atomic mass is 9.87. The maximum atomic E-state index is 11.8. The number of amides is 1. The lowest BCUT2D eigenvalue weighted by Crippen LogP contribution is -2.33. The molecule has 17 heavy (non-hydrogen) atoms. The van der Waals surface area contributed by atoms with E-state index in [2.05, 4.69) is 10.3 Å². The first-order valence-corrected chi connectivity index (χ1v) is 6.03. The minimum Gasteiger partial charge on any atom is -0.448 e. The fraction of sp³-hybridized carbons (Fsp3) is 0.667. The van der Waals surface area contributed by atoms with Crippen molar-refractivity contribution in [1.29, 1.82) is 0 Å². The first kappa shape index (κ1) is 12.1. The van der Waals surface area contributed by atoms with Crippen molar-refractivity contribution in [2.45, 2.75) is 38.7 Å². The quantitative estimate of drug-likeness (QED) is 0.831. The molecule has 1 aromatic rings. The van der Waals surface area contributed by atoms with E-state index >= 15 is 0 Å². The molecule has 1 saturated carbocycles. The molecule has 0 aliphatic heterocycles. The molecule has 1 aromatic heterocycles. The average molecular weight is 238 g/mol. The molecule has 0 bridgehead atoms. The molecule has 2 rings (SSSR count). The Kier molecular flexibility index (Phi) is 3.78. The van der Waals surface area contributed by atoms with Crippen molar-refractivity contribution in [3.63, 3.8) is 0 Å². The van der Waals surface area contributed by atoms with Crippen LogP contribution >= 0.6 is 0 Å². The van der Waals surface area contributed by atoms with Gasteiger partial charge in [0.2, 0.25) is 0 Å². The molecule has 1 aliphatic rings. The van der Waals surface area contributed by atoms with Gasteiger partial charge in [0.15, 0.2) is 12.1 Å².